The Bertz CT molecular complexity index is 1050. The molecule has 0 fully saturated rings. The molecule has 0 spiro atoms. The number of amides is 1. The minimum atomic E-state index is -3.47. The number of sulfone groups is 1. The van der Waals surface area contributed by atoms with Crippen LogP contribution in [0.1, 0.15) is 21.5 Å². The molecule has 0 unspecified atom stereocenters. The molecule has 1 heterocycles. The Balaban J connectivity index is 1.67. The van der Waals surface area contributed by atoms with E-state index in [0.717, 1.165) is 5.56 Å². The second-order valence-electron chi connectivity index (χ2n) is 6.16. The van der Waals surface area contributed by atoms with Crippen LogP contribution in [0.5, 0.6) is 5.88 Å². The number of ether oxygens (including phenoxy) is 1. The van der Waals surface area contributed by atoms with Crippen molar-refractivity contribution >= 4 is 15.7 Å². The first kappa shape index (κ1) is 19.6. The van der Waals surface area contributed by atoms with E-state index in [1.165, 1.54) is 7.11 Å². The van der Waals surface area contributed by atoms with Gasteiger partial charge in [0.05, 0.1) is 17.8 Å². The normalized spacial score (nSPS) is 11.0. The molecule has 6 nitrogen and oxygen atoms in total. The zero-order valence-corrected chi connectivity index (χ0v) is 16.1. The molecular weight excluding hydrogens is 376 g/mol. The fraction of sp³-hybridized carbons (Fsp3) is 0.143. The Morgan fingerprint density at radius 1 is 1.00 bits per heavy atom. The van der Waals surface area contributed by atoms with Crippen LogP contribution in [-0.2, 0) is 22.1 Å². The number of hydrogen-bond acceptors (Lipinski definition) is 5. The maximum Gasteiger partial charge on any atom is 0.251 e. The topological polar surface area (TPSA) is 85.4 Å². The molecule has 2 aromatic carbocycles. The monoisotopic (exact) mass is 396 g/mol. The van der Waals surface area contributed by atoms with E-state index in [2.05, 4.69) is 10.3 Å². The summed E-state index contributed by atoms with van der Waals surface area (Å²) in [4.78, 5) is 16.8. The molecule has 0 aliphatic carbocycles. The van der Waals surface area contributed by atoms with Gasteiger partial charge in [0.2, 0.25) is 5.88 Å². The van der Waals surface area contributed by atoms with Gasteiger partial charge in [-0.3, -0.25) is 4.79 Å². The van der Waals surface area contributed by atoms with Gasteiger partial charge in [-0.25, -0.2) is 13.4 Å². The quantitative estimate of drug-likeness (QED) is 0.664. The van der Waals surface area contributed by atoms with Crippen molar-refractivity contribution in [3.63, 3.8) is 0 Å². The van der Waals surface area contributed by atoms with Crippen molar-refractivity contribution in [2.45, 2.75) is 17.2 Å². The summed E-state index contributed by atoms with van der Waals surface area (Å²) in [6, 6.07) is 18.4. The summed E-state index contributed by atoms with van der Waals surface area (Å²) < 4.78 is 30.1. The summed E-state index contributed by atoms with van der Waals surface area (Å²) in [7, 11) is -1.93. The average molecular weight is 396 g/mol. The molecule has 3 aromatic rings. The van der Waals surface area contributed by atoms with Gasteiger partial charge in [0.25, 0.3) is 5.91 Å². The summed E-state index contributed by atoms with van der Waals surface area (Å²) in [5.74, 6) is 0.0535. The molecular formula is C21H20N2O4S. The zero-order valence-electron chi connectivity index (χ0n) is 15.3. The molecule has 1 aromatic heterocycles. The molecule has 0 saturated carbocycles. The van der Waals surface area contributed by atoms with Crippen LogP contribution >= 0.6 is 0 Å². The highest BCUT2D eigenvalue weighted by atomic mass is 32.2. The highest BCUT2D eigenvalue weighted by Crippen LogP contribution is 2.17. The summed E-state index contributed by atoms with van der Waals surface area (Å²) in [6.45, 7) is 0.308. The number of rotatable bonds is 7. The zero-order chi connectivity index (χ0) is 20.0. The fourth-order valence-corrected chi connectivity index (χ4v) is 4.01. The van der Waals surface area contributed by atoms with E-state index in [1.807, 2.05) is 6.07 Å². The van der Waals surface area contributed by atoms with Crippen LogP contribution in [-0.4, -0.2) is 26.4 Å². The molecule has 1 amide bonds. The van der Waals surface area contributed by atoms with Crippen molar-refractivity contribution in [1.82, 2.24) is 10.3 Å². The summed E-state index contributed by atoms with van der Waals surface area (Å²) in [6.07, 6.45) is 1.63. The third kappa shape index (κ3) is 4.95. The SMILES string of the molecule is COc1ccc(CNC(=O)c2cccc(CS(=O)(=O)c3ccccc3)c2)cn1. The maximum atomic E-state index is 12.5. The van der Waals surface area contributed by atoms with Gasteiger partial charge in [0.1, 0.15) is 0 Å². The van der Waals surface area contributed by atoms with Gasteiger partial charge in [-0.05, 0) is 35.4 Å². The Hall–Kier alpha value is -3.19. The third-order valence-corrected chi connectivity index (χ3v) is 5.81. The highest BCUT2D eigenvalue weighted by molar-refractivity contribution is 7.90. The minimum Gasteiger partial charge on any atom is -0.481 e. The van der Waals surface area contributed by atoms with Crippen LogP contribution in [0, 0.1) is 0 Å². The van der Waals surface area contributed by atoms with Crippen LogP contribution in [0.4, 0.5) is 0 Å². The van der Waals surface area contributed by atoms with Crippen LogP contribution in [0.3, 0.4) is 0 Å². The van der Waals surface area contributed by atoms with Gasteiger partial charge in [-0.15, -0.1) is 0 Å². The predicted molar refractivity (Wildman–Crippen MR) is 106 cm³/mol. The average Bonchev–Trinajstić information content (AvgIpc) is 2.73. The van der Waals surface area contributed by atoms with E-state index in [-0.39, 0.29) is 16.6 Å². The molecule has 28 heavy (non-hydrogen) atoms. The maximum absolute atomic E-state index is 12.5. The van der Waals surface area contributed by atoms with Crippen molar-refractivity contribution in [2.75, 3.05) is 7.11 Å². The lowest BCUT2D eigenvalue weighted by Gasteiger charge is -2.08. The summed E-state index contributed by atoms with van der Waals surface area (Å²) >= 11 is 0. The first-order chi connectivity index (χ1) is 13.5. The molecule has 0 atom stereocenters. The van der Waals surface area contributed by atoms with E-state index in [4.69, 9.17) is 4.74 Å². The van der Waals surface area contributed by atoms with E-state index < -0.39 is 9.84 Å². The minimum absolute atomic E-state index is 0.166. The third-order valence-electron chi connectivity index (χ3n) is 4.11. The molecule has 1 N–H and O–H groups in total. The molecule has 0 radical (unpaired) electrons. The lowest BCUT2D eigenvalue weighted by molar-refractivity contribution is 0.0950. The van der Waals surface area contributed by atoms with Gasteiger partial charge in [0.15, 0.2) is 9.84 Å². The Kier molecular flexibility index (Phi) is 6.06. The molecule has 0 aliphatic heterocycles. The van der Waals surface area contributed by atoms with Crippen LogP contribution < -0.4 is 10.1 Å². The van der Waals surface area contributed by atoms with Gasteiger partial charge in [0, 0.05) is 24.4 Å². The second kappa shape index (κ2) is 8.67. The number of benzene rings is 2. The smallest absolute Gasteiger partial charge is 0.251 e. The molecule has 0 bridgehead atoms. The number of carbonyl (C=O) groups is 1. The van der Waals surface area contributed by atoms with Gasteiger partial charge >= 0.3 is 0 Å². The number of carbonyl (C=O) groups excluding carboxylic acids is 1. The number of aromatic nitrogens is 1. The van der Waals surface area contributed by atoms with E-state index in [9.17, 15) is 13.2 Å². The summed E-state index contributed by atoms with van der Waals surface area (Å²) in [5.41, 5.74) is 1.79. The standard InChI is InChI=1S/C21H20N2O4S/c1-27-20-11-10-17(13-22-20)14-23-21(24)18-7-5-6-16(12-18)15-28(25,26)19-8-3-2-4-9-19/h2-13H,14-15H2,1H3,(H,23,24). The highest BCUT2D eigenvalue weighted by Gasteiger charge is 2.16. The van der Waals surface area contributed by atoms with Crippen molar-refractivity contribution in [3.05, 3.63) is 89.6 Å². The number of nitrogens with one attached hydrogen (secondary N) is 1. The number of methoxy groups -OCH3 is 1. The summed E-state index contributed by atoms with van der Waals surface area (Å²) in [5, 5.41) is 2.81. The first-order valence-corrected chi connectivity index (χ1v) is 10.3. The van der Waals surface area contributed by atoms with Crippen molar-refractivity contribution in [3.8, 4) is 5.88 Å². The molecule has 7 heteroatoms. The van der Waals surface area contributed by atoms with E-state index in [0.29, 0.717) is 23.6 Å². The van der Waals surface area contributed by atoms with Crippen molar-refractivity contribution in [2.24, 2.45) is 0 Å². The number of nitrogens with zero attached hydrogens (tertiary/aromatic N) is 1. The van der Waals surface area contributed by atoms with E-state index >= 15 is 0 Å². The molecule has 144 valence electrons. The molecule has 0 aliphatic rings. The Morgan fingerprint density at radius 3 is 2.46 bits per heavy atom. The number of hydrogen-bond donors (Lipinski definition) is 1. The van der Waals surface area contributed by atoms with Crippen molar-refractivity contribution in [1.29, 1.82) is 0 Å². The van der Waals surface area contributed by atoms with E-state index in [1.54, 1.807) is 66.9 Å². The molecule has 0 saturated heterocycles. The van der Waals surface area contributed by atoms with Gasteiger partial charge in [-0.2, -0.15) is 0 Å². The Labute approximate surface area is 164 Å². The first-order valence-electron chi connectivity index (χ1n) is 8.62. The second-order valence-corrected chi connectivity index (χ2v) is 8.15. The Morgan fingerprint density at radius 2 is 1.79 bits per heavy atom. The van der Waals surface area contributed by atoms with Gasteiger partial charge < -0.3 is 10.1 Å². The van der Waals surface area contributed by atoms with Gasteiger partial charge in [-0.1, -0.05) is 36.4 Å². The lowest BCUT2D eigenvalue weighted by atomic mass is 10.1. The van der Waals surface area contributed by atoms with Crippen LogP contribution in [0.2, 0.25) is 0 Å². The largest absolute Gasteiger partial charge is 0.481 e. The number of pyridine rings is 1. The predicted octanol–water partition coefficient (Wildman–Crippen LogP) is 2.99. The lowest BCUT2D eigenvalue weighted by Crippen LogP contribution is -2.23. The molecule has 3 rings (SSSR count). The fourth-order valence-electron chi connectivity index (χ4n) is 2.65. The van der Waals surface area contributed by atoms with Crippen LogP contribution in [0.25, 0.3) is 0 Å². The van der Waals surface area contributed by atoms with Crippen molar-refractivity contribution < 1.29 is 17.9 Å². The van der Waals surface area contributed by atoms with Crippen LogP contribution in [0.15, 0.2) is 77.8 Å².